The third kappa shape index (κ3) is 1.80. The van der Waals surface area contributed by atoms with Gasteiger partial charge in [0, 0.05) is 25.5 Å². The highest BCUT2D eigenvalue weighted by Crippen LogP contribution is 2.23. The lowest BCUT2D eigenvalue weighted by molar-refractivity contribution is 0.574. The highest BCUT2D eigenvalue weighted by molar-refractivity contribution is 5.66. The fourth-order valence-electron chi connectivity index (χ4n) is 2.30. The van der Waals surface area contributed by atoms with E-state index in [0.29, 0.717) is 5.82 Å². The summed E-state index contributed by atoms with van der Waals surface area (Å²) in [5, 5.41) is 0. The molecule has 6 nitrogen and oxygen atoms in total. The van der Waals surface area contributed by atoms with Crippen molar-refractivity contribution in [3.8, 4) is 0 Å². The van der Waals surface area contributed by atoms with Crippen molar-refractivity contribution >= 4 is 17.3 Å². The molecule has 0 radical (unpaired) electrons. The molecule has 3 N–H and O–H groups in total. The van der Waals surface area contributed by atoms with Crippen molar-refractivity contribution in [1.82, 2.24) is 14.4 Å². The first-order valence-electron chi connectivity index (χ1n) is 5.94. The lowest BCUT2D eigenvalue weighted by atomic mass is 10.1. The van der Waals surface area contributed by atoms with E-state index in [-0.39, 0.29) is 0 Å². The van der Waals surface area contributed by atoms with Crippen LogP contribution in [0.25, 0.3) is 5.65 Å². The van der Waals surface area contributed by atoms with Crippen LogP contribution in [0.2, 0.25) is 0 Å². The average Bonchev–Trinajstić information content (AvgIpc) is 2.86. The molecule has 6 heteroatoms. The predicted octanol–water partition coefficient (Wildman–Crippen LogP) is 1.01. The van der Waals surface area contributed by atoms with Crippen molar-refractivity contribution < 1.29 is 0 Å². The molecule has 0 unspecified atom stereocenters. The molecule has 1 saturated heterocycles. The molecule has 0 saturated carbocycles. The first kappa shape index (κ1) is 10.3. The standard InChI is InChI=1S/C11H16N6/c12-15-9-8-17-7-4-13-10(17)11(14-9)16-5-2-1-3-6-16/h4,7-8,15H,1-3,5-6,12H2. The molecular weight excluding hydrogens is 216 g/mol. The van der Waals surface area contributed by atoms with Gasteiger partial charge in [0.05, 0.1) is 6.20 Å². The number of fused-ring (bicyclic) bond motifs is 1. The van der Waals surface area contributed by atoms with Gasteiger partial charge in [0.1, 0.15) is 0 Å². The van der Waals surface area contributed by atoms with E-state index < -0.39 is 0 Å². The fraction of sp³-hybridized carbons (Fsp3) is 0.455. The van der Waals surface area contributed by atoms with Gasteiger partial charge in [0.25, 0.3) is 0 Å². The largest absolute Gasteiger partial charge is 0.353 e. The van der Waals surface area contributed by atoms with E-state index in [1.54, 1.807) is 6.20 Å². The Hall–Kier alpha value is -1.82. The molecule has 0 aromatic carbocycles. The molecule has 0 amide bonds. The number of rotatable bonds is 2. The Morgan fingerprint density at radius 1 is 1.24 bits per heavy atom. The monoisotopic (exact) mass is 232 g/mol. The van der Waals surface area contributed by atoms with Crippen molar-refractivity contribution in [2.75, 3.05) is 23.4 Å². The number of nitrogens with one attached hydrogen (secondary N) is 1. The van der Waals surface area contributed by atoms with Gasteiger partial charge >= 0.3 is 0 Å². The number of hydrogen-bond acceptors (Lipinski definition) is 5. The van der Waals surface area contributed by atoms with Crippen LogP contribution in [-0.2, 0) is 0 Å². The van der Waals surface area contributed by atoms with Crippen LogP contribution >= 0.6 is 0 Å². The Kier molecular flexibility index (Phi) is 2.56. The Morgan fingerprint density at radius 3 is 2.82 bits per heavy atom. The fourth-order valence-corrected chi connectivity index (χ4v) is 2.30. The number of anilines is 2. The number of piperidine rings is 1. The molecule has 1 fully saturated rings. The van der Waals surface area contributed by atoms with Gasteiger partial charge in [-0.15, -0.1) is 0 Å². The van der Waals surface area contributed by atoms with Crippen LogP contribution in [-0.4, -0.2) is 27.5 Å². The molecule has 3 heterocycles. The maximum atomic E-state index is 5.44. The third-order valence-electron chi connectivity index (χ3n) is 3.16. The number of nitrogen functional groups attached to an aromatic ring is 1. The molecule has 2 aromatic heterocycles. The lowest BCUT2D eigenvalue weighted by Gasteiger charge is -2.28. The van der Waals surface area contributed by atoms with Crippen LogP contribution in [0.15, 0.2) is 18.6 Å². The van der Waals surface area contributed by atoms with E-state index in [4.69, 9.17) is 5.84 Å². The van der Waals surface area contributed by atoms with Crippen molar-refractivity contribution in [1.29, 1.82) is 0 Å². The van der Waals surface area contributed by atoms with Gasteiger partial charge < -0.3 is 14.7 Å². The number of hydrogen-bond donors (Lipinski definition) is 2. The van der Waals surface area contributed by atoms with E-state index >= 15 is 0 Å². The topological polar surface area (TPSA) is 71.5 Å². The van der Waals surface area contributed by atoms with E-state index in [9.17, 15) is 0 Å². The number of hydrazine groups is 1. The maximum Gasteiger partial charge on any atom is 0.180 e. The minimum atomic E-state index is 0.663. The Balaban J connectivity index is 2.08. The first-order valence-corrected chi connectivity index (χ1v) is 5.94. The summed E-state index contributed by atoms with van der Waals surface area (Å²) in [6, 6.07) is 0. The van der Waals surface area contributed by atoms with E-state index in [2.05, 4.69) is 20.3 Å². The Labute approximate surface area is 99.4 Å². The number of aromatic nitrogens is 3. The summed E-state index contributed by atoms with van der Waals surface area (Å²) < 4.78 is 1.95. The first-order chi connectivity index (χ1) is 8.38. The van der Waals surface area contributed by atoms with Crippen LogP contribution in [0, 0.1) is 0 Å². The van der Waals surface area contributed by atoms with Gasteiger partial charge in [-0.2, -0.15) is 0 Å². The maximum absolute atomic E-state index is 5.44. The minimum Gasteiger partial charge on any atom is -0.353 e. The second kappa shape index (κ2) is 4.21. The SMILES string of the molecule is NNc1cn2ccnc2c(N2CCCCC2)n1. The second-order valence-corrected chi connectivity index (χ2v) is 4.30. The van der Waals surface area contributed by atoms with E-state index in [0.717, 1.165) is 24.6 Å². The molecule has 0 atom stereocenters. The zero-order chi connectivity index (χ0) is 11.7. The van der Waals surface area contributed by atoms with Crippen LogP contribution < -0.4 is 16.2 Å². The molecule has 0 bridgehead atoms. The van der Waals surface area contributed by atoms with Gasteiger partial charge in [-0.25, -0.2) is 15.8 Å². The van der Waals surface area contributed by atoms with Crippen molar-refractivity contribution in [2.45, 2.75) is 19.3 Å². The zero-order valence-corrected chi connectivity index (χ0v) is 9.63. The molecule has 2 aromatic rings. The van der Waals surface area contributed by atoms with Gasteiger partial charge in [-0.05, 0) is 19.3 Å². The summed E-state index contributed by atoms with van der Waals surface area (Å²) in [4.78, 5) is 11.2. The molecule has 1 aliphatic rings. The second-order valence-electron chi connectivity index (χ2n) is 4.30. The summed E-state index contributed by atoms with van der Waals surface area (Å²) in [6.45, 7) is 2.09. The highest BCUT2D eigenvalue weighted by atomic mass is 15.3. The molecule has 0 spiro atoms. The van der Waals surface area contributed by atoms with E-state index in [1.807, 2.05) is 16.8 Å². The summed E-state index contributed by atoms with van der Waals surface area (Å²) in [5.74, 6) is 7.03. The average molecular weight is 232 g/mol. The molecular formula is C11H16N6. The molecule has 3 rings (SSSR count). The minimum absolute atomic E-state index is 0.663. The summed E-state index contributed by atoms with van der Waals surface area (Å²) in [6.07, 6.45) is 9.27. The zero-order valence-electron chi connectivity index (χ0n) is 9.63. The van der Waals surface area contributed by atoms with Crippen LogP contribution in [0.3, 0.4) is 0 Å². The van der Waals surface area contributed by atoms with E-state index in [1.165, 1.54) is 19.3 Å². The van der Waals surface area contributed by atoms with Crippen molar-refractivity contribution in [3.05, 3.63) is 18.6 Å². The third-order valence-corrected chi connectivity index (χ3v) is 3.16. The Morgan fingerprint density at radius 2 is 2.06 bits per heavy atom. The van der Waals surface area contributed by atoms with Crippen LogP contribution in [0.1, 0.15) is 19.3 Å². The molecule has 17 heavy (non-hydrogen) atoms. The number of nitrogens with zero attached hydrogens (tertiary/aromatic N) is 4. The van der Waals surface area contributed by atoms with Crippen molar-refractivity contribution in [3.63, 3.8) is 0 Å². The highest BCUT2D eigenvalue weighted by Gasteiger charge is 2.17. The van der Waals surface area contributed by atoms with Crippen LogP contribution in [0.5, 0.6) is 0 Å². The lowest BCUT2D eigenvalue weighted by Crippen LogP contribution is -2.31. The molecule has 1 aliphatic heterocycles. The quantitative estimate of drug-likeness (QED) is 0.597. The summed E-state index contributed by atoms with van der Waals surface area (Å²) in [5.41, 5.74) is 3.50. The number of imidazole rings is 1. The molecule has 90 valence electrons. The normalized spacial score (nSPS) is 16.4. The smallest absolute Gasteiger partial charge is 0.180 e. The summed E-state index contributed by atoms with van der Waals surface area (Å²) in [7, 11) is 0. The number of nitrogens with two attached hydrogens (primary N) is 1. The van der Waals surface area contributed by atoms with Gasteiger partial charge in [0.2, 0.25) is 0 Å². The van der Waals surface area contributed by atoms with Crippen LogP contribution in [0.4, 0.5) is 11.6 Å². The van der Waals surface area contributed by atoms with Gasteiger partial charge in [0.15, 0.2) is 17.3 Å². The van der Waals surface area contributed by atoms with Gasteiger partial charge in [-0.1, -0.05) is 0 Å². The Bertz CT molecular complexity index is 514. The van der Waals surface area contributed by atoms with Crippen molar-refractivity contribution in [2.24, 2.45) is 5.84 Å². The molecule has 0 aliphatic carbocycles. The predicted molar refractivity (Wildman–Crippen MR) is 66.9 cm³/mol. The summed E-state index contributed by atoms with van der Waals surface area (Å²) >= 11 is 0. The van der Waals surface area contributed by atoms with Gasteiger partial charge in [-0.3, -0.25) is 0 Å².